The third kappa shape index (κ3) is 2.94. The fourth-order valence-electron chi connectivity index (χ4n) is 2.48. The Morgan fingerprint density at radius 3 is 2.58 bits per heavy atom. The van der Waals surface area contributed by atoms with E-state index in [9.17, 15) is 5.11 Å². The monoisotopic (exact) mass is 271 g/mol. The normalized spacial score (nSPS) is 18.6. The van der Waals surface area contributed by atoms with Gasteiger partial charge in [0.15, 0.2) is 0 Å². The number of aromatic hydroxyl groups is 1. The van der Waals surface area contributed by atoms with E-state index >= 15 is 0 Å². The van der Waals surface area contributed by atoms with Crippen LogP contribution in [0.3, 0.4) is 0 Å². The molecule has 3 heteroatoms. The molecule has 0 radical (unpaired) electrons. The molecule has 0 aliphatic carbocycles. The second-order valence-electron chi connectivity index (χ2n) is 4.83. The van der Waals surface area contributed by atoms with Crippen molar-refractivity contribution < 1.29 is 5.11 Å². The summed E-state index contributed by atoms with van der Waals surface area (Å²) in [6.07, 6.45) is 1.11. The van der Waals surface area contributed by atoms with Crippen LogP contribution in [0.1, 0.15) is 17.9 Å². The van der Waals surface area contributed by atoms with Crippen LogP contribution < -0.4 is 5.32 Å². The van der Waals surface area contributed by atoms with Crippen molar-refractivity contribution >= 4 is 11.8 Å². The van der Waals surface area contributed by atoms with E-state index in [0.717, 1.165) is 30.0 Å². The predicted octanol–water partition coefficient (Wildman–Crippen LogP) is 3.62. The Hall–Kier alpha value is -1.45. The van der Waals surface area contributed by atoms with Crippen molar-refractivity contribution in [2.75, 3.05) is 13.1 Å². The van der Waals surface area contributed by atoms with Gasteiger partial charge in [0.05, 0.1) is 0 Å². The van der Waals surface area contributed by atoms with Crippen molar-refractivity contribution in [1.29, 1.82) is 0 Å². The highest BCUT2D eigenvalue weighted by Gasteiger charge is 2.19. The molecule has 0 unspecified atom stereocenters. The molecule has 2 nitrogen and oxygen atoms in total. The van der Waals surface area contributed by atoms with Crippen LogP contribution in [0.5, 0.6) is 5.75 Å². The molecule has 1 aliphatic heterocycles. The Kier molecular flexibility index (Phi) is 3.76. The van der Waals surface area contributed by atoms with Crippen LogP contribution in [0.25, 0.3) is 0 Å². The van der Waals surface area contributed by atoms with Gasteiger partial charge in [0.25, 0.3) is 0 Å². The molecule has 0 aromatic heterocycles. The molecule has 2 aromatic rings. The van der Waals surface area contributed by atoms with Crippen LogP contribution in [0.2, 0.25) is 0 Å². The minimum Gasteiger partial charge on any atom is -0.508 e. The zero-order chi connectivity index (χ0) is 13.1. The third-order valence-electron chi connectivity index (χ3n) is 3.48. The maximum atomic E-state index is 10.2. The fourth-order valence-corrected chi connectivity index (χ4v) is 3.35. The van der Waals surface area contributed by atoms with Gasteiger partial charge in [-0.25, -0.2) is 0 Å². The first-order chi connectivity index (χ1) is 9.33. The van der Waals surface area contributed by atoms with Crippen LogP contribution in [-0.2, 0) is 0 Å². The lowest BCUT2D eigenvalue weighted by Crippen LogP contribution is -2.08. The van der Waals surface area contributed by atoms with E-state index in [0.29, 0.717) is 11.7 Å². The summed E-state index contributed by atoms with van der Waals surface area (Å²) in [5.41, 5.74) is 1.07. The lowest BCUT2D eigenvalue weighted by Gasteiger charge is -2.12. The van der Waals surface area contributed by atoms with Gasteiger partial charge in [0.2, 0.25) is 0 Å². The quantitative estimate of drug-likeness (QED) is 0.894. The highest BCUT2D eigenvalue weighted by Crippen LogP contribution is 2.35. The molecule has 0 bridgehead atoms. The average Bonchev–Trinajstić information content (AvgIpc) is 2.94. The molecule has 1 fully saturated rings. The van der Waals surface area contributed by atoms with Crippen molar-refractivity contribution in [3.05, 3.63) is 54.1 Å². The number of benzene rings is 2. The third-order valence-corrected chi connectivity index (χ3v) is 4.48. The summed E-state index contributed by atoms with van der Waals surface area (Å²) >= 11 is 1.68. The van der Waals surface area contributed by atoms with Crippen molar-refractivity contribution in [1.82, 2.24) is 5.32 Å². The molecule has 1 aliphatic rings. The summed E-state index contributed by atoms with van der Waals surface area (Å²) in [5.74, 6) is 0.880. The predicted molar refractivity (Wildman–Crippen MR) is 78.9 cm³/mol. The fraction of sp³-hybridized carbons (Fsp3) is 0.250. The summed E-state index contributed by atoms with van der Waals surface area (Å²) in [7, 11) is 0. The molecule has 2 aromatic carbocycles. The molecular formula is C16H17NOS. The smallest absolute Gasteiger partial charge is 0.120 e. The van der Waals surface area contributed by atoms with Crippen molar-refractivity contribution in [2.45, 2.75) is 22.1 Å². The van der Waals surface area contributed by atoms with E-state index in [2.05, 4.69) is 29.6 Å². The first-order valence-electron chi connectivity index (χ1n) is 6.59. The van der Waals surface area contributed by atoms with E-state index in [4.69, 9.17) is 0 Å². The van der Waals surface area contributed by atoms with Gasteiger partial charge in [-0.3, -0.25) is 0 Å². The Morgan fingerprint density at radius 1 is 1.05 bits per heavy atom. The van der Waals surface area contributed by atoms with E-state index in [1.165, 1.54) is 4.90 Å². The van der Waals surface area contributed by atoms with Crippen LogP contribution in [0, 0.1) is 0 Å². The minimum atomic E-state index is 0.426. The lowest BCUT2D eigenvalue weighted by atomic mass is 9.98. The van der Waals surface area contributed by atoms with E-state index in [1.54, 1.807) is 11.8 Å². The molecular weight excluding hydrogens is 254 g/mol. The Balaban J connectivity index is 1.79. The summed E-state index contributed by atoms with van der Waals surface area (Å²) < 4.78 is 0. The van der Waals surface area contributed by atoms with Gasteiger partial charge in [-0.05, 0) is 42.8 Å². The molecule has 0 spiro atoms. The van der Waals surface area contributed by atoms with Gasteiger partial charge in [0, 0.05) is 22.3 Å². The second-order valence-corrected chi connectivity index (χ2v) is 5.97. The van der Waals surface area contributed by atoms with E-state index in [-0.39, 0.29) is 0 Å². The van der Waals surface area contributed by atoms with Gasteiger partial charge in [-0.2, -0.15) is 0 Å². The summed E-state index contributed by atoms with van der Waals surface area (Å²) in [6, 6.07) is 16.3. The highest BCUT2D eigenvalue weighted by atomic mass is 32.2. The maximum Gasteiger partial charge on any atom is 0.120 e. The Morgan fingerprint density at radius 2 is 1.89 bits per heavy atom. The summed E-state index contributed by atoms with van der Waals surface area (Å²) in [5, 5.41) is 13.5. The van der Waals surface area contributed by atoms with Crippen LogP contribution in [0.15, 0.2) is 58.3 Å². The van der Waals surface area contributed by atoms with Crippen molar-refractivity contribution in [2.24, 2.45) is 0 Å². The van der Waals surface area contributed by atoms with Crippen LogP contribution in [0.4, 0.5) is 0 Å². The zero-order valence-electron chi connectivity index (χ0n) is 10.7. The first-order valence-corrected chi connectivity index (χ1v) is 7.41. The number of nitrogens with one attached hydrogen (secondary N) is 1. The average molecular weight is 271 g/mol. The summed E-state index contributed by atoms with van der Waals surface area (Å²) in [4.78, 5) is 2.27. The largest absolute Gasteiger partial charge is 0.508 e. The number of hydrogen-bond acceptors (Lipinski definition) is 3. The van der Waals surface area contributed by atoms with Gasteiger partial charge in [0.1, 0.15) is 5.75 Å². The molecule has 0 saturated carbocycles. The molecule has 98 valence electrons. The lowest BCUT2D eigenvalue weighted by molar-refractivity contribution is 0.461. The first kappa shape index (κ1) is 12.6. The molecule has 2 N–H and O–H groups in total. The molecule has 19 heavy (non-hydrogen) atoms. The summed E-state index contributed by atoms with van der Waals surface area (Å²) in [6.45, 7) is 2.02. The Labute approximate surface area is 117 Å². The van der Waals surface area contributed by atoms with Crippen LogP contribution in [-0.4, -0.2) is 18.2 Å². The molecule has 1 atom stereocenters. The standard InChI is InChI=1S/C16H17NOS/c18-16-10-14(19-13-4-2-1-3-5-13)6-7-15(16)12-8-9-17-11-12/h1-7,10,12,17-18H,8-9,11H2/t12-/m1/s1. The zero-order valence-corrected chi connectivity index (χ0v) is 11.5. The van der Waals surface area contributed by atoms with Gasteiger partial charge >= 0.3 is 0 Å². The van der Waals surface area contributed by atoms with E-state index < -0.39 is 0 Å². The van der Waals surface area contributed by atoms with Crippen molar-refractivity contribution in [3.8, 4) is 5.75 Å². The van der Waals surface area contributed by atoms with Crippen molar-refractivity contribution in [3.63, 3.8) is 0 Å². The van der Waals surface area contributed by atoms with E-state index in [1.807, 2.05) is 24.3 Å². The SMILES string of the molecule is Oc1cc(Sc2ccccc2)ccc1[C@@H]1CCNC1. The topological polar surface area (TPSA) is 32.3 Å². The number of hydrogen-bond donors (Lipinski definition) is 2. The van der Waals surface area contributed by atoms with Crippen LogP contribution >= 0.6 is 11.8 Å². The molecule has 1 heterocycles. The number of phenols is 1. The van der Waals surface area contributed by atoms with Gasteiger partial charge in [-0.1, -0.05) is 36.0 Å². The van der Waals surface area contributed by atoms with Gasteiger partial charge < -0.3 is 10.4 Å². The second kappa shape index (κ2) is 5.68. The molecule has 3 rings (SSSR count). The number of phenolic OH excluding ortho intramolecular Hbond substituents is 1. The minimum absolute atomic E-state index is 0.426. The molecule has 1 saturated heterocycles. The number of rotatable bonds is 3. The maximum absolute atomic E-state index is 10.2. The van der Waals surface area contributed by atoms with Gasteiger partial charge in [-0.15, -0.1) is 0 Å². The molecule has 0 amide bonds. The highest BCUT2D eigenvalue weighted by molar-refractivity contribution is 7.99. The Bertz CT molecular complexity index is 550.